The third-order valence-electron chi connectivity index (χ3n) is 5.26. The van der Waals surface area contributed by atoms with E-state index >= 15 is 0 Å². The Labute approximate surface area is 170 Å². The topological polar surface area (TPSA) is 74.8 Å². The third kappa shape index (κ3) is 4.92. The molecule has 1 atom stereocenters. The van der Waals surface area contributed by atoms with Crippen molar-refractivity contribution in [3.8, 4) is 0 Å². The van der Waals surface area contributed by atoms with Crippen LogP contribution in [0.2, 0.25) is 0 Å². The van der Waals surface area contributed by atoms with Gasteiger partial charge < -0.3 is 9.64 Å². The van der Waals surface area contributed by atoms with Crippen molar-refractivity contribution in [1.82, 2.24) is 14.6 Å². The lowest BCUT2D eigenvalue weighted by Gasteiger charge is -2.28. The van der Waals surface area contributed by atoms with Gasteiger partial charge in [0.05, 0.1) is 13.2 Å². The van der Waals surface area contributed by atoms with E-state index in [1.165, 1.54) is 11.8 Å². The number of nitrogens with zero attached hydrogens (tertiary/aromatic N) is 3. The van der Waals surface area contributed by atoms with Crippen molar-refractivity contribution < 1.29 is 17.5 Å². The molecule has 1 aromatic heterocycles. The molecule has 2 aromatic rings. The molecule has 7 nitrogen and oxygen atoms in total. The van der Waals surface area contributed by atoms with Gasteiger partial charge in [-0.1, -0.05) is 30.3 Å². The van der Waals surface area contributed by atoms with Crippen LogP contribution in [-0.2, 0) is 21.3 Å². The largest absolute Gasteiger partial charge is 0.378 e. The summed E-state index contributed by atoms with van der Waals surface area (Å²) in [6.45, 7) is 4.29. The SMILES string of the molecule is O=S(=O)(NC1CCN(Cc2ccccc2)C1)c1cnc(N2CCOCC2)c(F)c1. The molecule has 156 valence electrons. The monoisotopic (exact) mass is 420 g/mol. The van der Waals surface area contributed by atoms with Gasteiger partial charge in [-0.05, 0) is 18.1 Å². The lowest BCUT2D eigenvalue weighted by Crippen LogP contribution is -2.38. The number of likely N-dealkylation sites (tertiary alicyclic amines) is 1. The first-order chi connectivity index (χ1) is 14.0. The number of sulfonamides is 1. The predicted molar refractivity (Wildman–Crippen MR) is 108 cm³/mol. The Kier molecular flexibility index (Phi) is 6.09. The van der Waals surface area contributed by atoms with Gasteiger partial charge in [-0.15, -0.1) is 0 Å². The standard InChI is InChI=1S/C20H25FN4O3S/c21-19-12-18(13-22-20(19)25-8-10-28-11-9-25)29(26,27)23-17-6-7-24(15-17)14-16-4-2-1-3-5-16/h1-5,12-13,17,23H,6-11,14-15H2. The number of halogens is 1. The smallest absolute Gasteiger partial charge is 0.242 e. The number of hydrogen-bond acceptors (Lipinski definition) is 6. The molecule has 2 aliphatic rings. The Balaban J connectivity index is 1.39. The van der Waals surface area contributed by atoms with Gasteiger partial charge in [-0.3, -0.25) is 4.90 Å². The van der Waals surface area contributed by atoms with Gasteiger partial charge in [0.1, 0.15) is 4.90 Å². The number of nitrogens with one attached hydrogen (secondary N) is 1. The molecule has 0 saturated carbocycles. The van der Waals surface area contributed by atoms with Crippen LogP contribution >= 0.6 is 0 Å². The molecular weight excluding hydrogens is 395 g/mol. The second-order valence-electron chi connectivity index (χ2n) is 7.40. The van der Waals surface area contributed by atoms with E-state index in [1.54, 1.807) is 4.90 Å². The van der Waals surface area contributed by atoms with Crippen molar-refractivity contribution in [2.45, 2.75) is 23.9 Å². The van der Waals surface area contributed by atoms with E-state index in [9.17, 15) is 12.8 Å². The molecule has 0 bridgehead atoms. The highest BCUT2D eigenvalue weighted by atomic mass is 32.2. The van der Waals surface area contributed by atoms with E-state index in [1.807, 2.05) is 18.2 Å². The Bertz CT molecular complexity index is 936. The van der Waals surface area contributed by atoms with Gasteiger partial charge in [-0.25, -0.2) is 22.5 Å². The second kappa shape index (κ2) is 8.74. The molecule has 1 aromatic carbocycles. The summed E-state index contributed by atoms with van der Waals surface area (Å²) in [6.07, 6.45) is 1.95. The molecule has 2 fully saturated rings. The lowest BCUT2D eigenvalue weighted by molar-refractivity contribution is 0.122. The average Bonchev–Trinajstić information content (AvgIpc) is 3.15. The minimum Gasteiger partial charge on any atom is -0.378 e. The summed E-state index contributed by atoms with van der Waals surface area (Å²) < 4.78 is 47.9. The van der Waals surface area contributed by atoms with Crippen molar-refractivity contribution in [2.24, 2.45) is 0 Å². The molecule has 3 heterocycles. The fourth-order valence-electron chi connectivity index (χ4n) is 3.77. The predicted octanol–water partition coefficient (Wildman–Crippen LogP) is 1.61. The van der Waals surface area contributed by atoms with E-state index in [4.69, 9.17) is 4.74 Å². The molecule has 0 radical (unpaired) electrons. The molecule has 4 rings (SSSR count). The molecule has 9 heteroatoms. The number of pyridine rings is 1. The maximum absolute atomic E-state index is 14.5. The van der Waals surface area contributed by atoms with Crippen LogP contribution in [0.5, 0.6) is 0 Å². The number of benzene rings is 1. The van der Waals surface area contributed by atoms with Crippen LogP contribution in [0.4, 0.5) is 10.2 Å². The zero-order valence-electron chi connectivity index (χ0n) is 16.1. The van der Waals surface area contributed by atoms with Crippen molar-refractivity contribution in [3.63, 3.8) is 0 Å². The fourth-order valence-corrected chi connectivity index (χ4v) is 4.99. The van der Waals surface area contributed by atoms with Crippen LogP contribution in [0.1, 0.15) is 12.0 Å². The fraction of sp³-hybridized carbons (Fsp3) is 0.450. The van der Waals surface area contributed by atoms with Crippen LogP contribution < -0.4 is 9.62 Å². The summed E-state index contributed by atoms with van der Waals surface area (Å²) in [4.78, 5) is 7.91. The molecule has 1 unspecified atom stereocenters. The summed E-state index contributed by atoms with van der Waals surface area (Å²) in [7, 11) is -3.83. The summed E-state index contributed by atoms with van der Waals surface area (Å²) in [5.74, 6) is -0.464. The quantitative estimate of drug-likeness (QED) is 0.765. The van der Waals surface area contributed by atoms with Crippen LogP contribution in [0.3, 0.4) is 0 Å². The first-order valence-electron chi connectivity index (χ1n) is 9.78. The van der Waals surface area contributed by atoms with Gasteiger partial charge in [0.15, 0.2) is 11.6 Å². The summed E-state index contributed by atoms with van der Waals surface area (Å²) in [5.41, 5.74) is 1.20. The molecule has 2 aliphatic heterocycles. The number of rotatable bonds is 6. The zero-order valence-corrected chi connectivity index (χ0v) is 16.9. The number of hydrogen-bond donors (Lipinski definition) is 1. The van der Waals surface area contributed by atoms with Crippen molar-refractivity contribution in [2.75, 3.05) is 44.3 Å². The van der Waals surface area contributed by atoms with Crippen LogP contribution in [0.15, 0.2) is 47.5 Å². The van der Waals surface area contributed by atoms with Crippen molar-refractivity contribution >= 4 is 15.8 Å². The van der Waals surface area contributed by atoms with Crippen molar-refractivity contribution in [3.05, 3.63) is 54.0 Å². The van der Waals surface area contributed by atoms with Crippen molar-refractivity contribution in [1.29, 1.82) is 0 Å². The normalized spacial score (nSPS) is 20.9. The van der Waals surface area contributed by atoms with Gasteiger partial charge in [-0.2, -0.15) is 0 Å². The Hall–Kier alpha value is -2.07. The van der Waals surface area contributed by atoms with Gasteiger partial charge in [0, 0.05) is 45.0 Å². The Morgan fingerprint density at radius 2 is 1.93 bits per heavy atom. The molecule has 0 aliphatic carbocycles. The Morgan fingerprint density at radius 1 is 1.17 bits per heavy atom. The highest BCUT2D eigenvalue weighted by Gasteiger charge is 2.28. The lowest BCUT2D eigenvalue weighted by atomic mass is 10.2. The second-order valence-corrected chi connectivity index (χ2v) is 9.12. The van der Waals surface area contributed by atoms with E-state index < -0.39 is 15.8 Å². The highest BCUT2D eigenvalue weighted by molar-refractivity contribution is 7.89. The first-order valence-corrected chi connectivity index (χ1v) is 11.3. The van der Waals surface area contributed by atoms with Gasteiger partial charge >= 0.3 is 0 Å². The van der Waals surface area contributed by atoms with Crippen LogP contribution in [0, 0.1) is 5.82 Å². The zero-order chi connectivity index (χ0) is 20.3. The molecule has 29 heavy (non-hydrogen) atoms. The number of anilines is 1. The summed E-state index contributed by atoms with van der Waals surface area (Å²) in [6, 6.07) is 10.9. The number of morpholine rings is 1. The minimum absolute atomic E-state index is 0.145. The summed E-state index contributed by atoms with van der Waals surface area (Å²) in [5, 5.41) is 0. The van der Waals surface area contributed by atoms with Crippen LogP contribution in [0.25, 0.3) is 0 Å². The maximum Gasteiger partial charge on any atom is 0.242 e. The first kappa shape index (κ1) is 20.2. The van der Waals surface area contributed by atoms with E-state index in [0.29, 0.717) is 39.3 Å². The third-order valence-corrected chi connectivity index (χ3v) is 6.75. The molecule has 0 amide bonds. The average molecular weight is 421 g/mol. The molecular formula is C20H25FN4O3S. The molecule has 1 N–H and O–H groups in total. The Morgan fingerprint density at radius 3 is 2.66 bits per heavy atom. The number of aromatic nitrogens is 1. The van der Waals surface area contributed by atoms with E-state index in [0.717, 1.165) is 19.2 Å². The van der Waals surface area contributed by atoms with Gasteiger partial charge in [0.2, 0.25) is 10.0 Å². The van der Waals surface area contributed by atoms with Gasteiger partial charge in [0.25, 0.3) is 0 Å². The molecule has 0 spiro atoms. The molecule has 2 saturated heterocycles. The maximum atomic E-state index is 14.5. The summed E-state index contributed by atoms with van der Waals surface area (Å²) >= 11 is 0. The minimum atomic E-state index is -3.83. The number of ether oxygens (including phenoxy) is 1. The van der Waals surface area contributed by atoms with E-state index in [2.05, 4.69) is 26.7 Å². The van der Waals surface area contributed by atoms with E-state index in [-0.39, 0.29) is 16.8 Å². The highest BCUT2D eigenvalue weighted by Crippen LogP contribution is 2.22. The van der Waals surface area contributed by atoms with Crippen LogP contribution in [-0.4, -0.2) is 63.7 Å².